The van der Waals surface area contributed by atoms with Crippen LogP contribution in [0.25, 0.3) is 0 Å². The molecule has 6 heteroatoms. The molecule has 1 aromatic heterocycles. The van der Waals surface area contributed by atoms with Crippen LogP contribution in [0, 0.1) is 12.7 Å². The van der Waals surface area contributed by atoms with Crippen LogP contribution in [0.3, 0.4) is 0 Å². The van der Waals surface area contributed by atoms with Crippen LogP contribution in [0.4, 0.5) is 10.2 Å². The van der Waals surface area contributed by atoms with E-state index in [2.05, 4.69) is 10.3 Å². The highest BCUT2D eigenvalue weighted by Crippen LogP contribution is 2.31. The van der Waals surface area contributed by atoms with Gasteiger partial charge in [0.05, 0.1) is 0 Å². The predicted molar refractivity (Wildman–Crippen MR) is 48.4 cm³/mol. The summed E-state index contributed by atoms with van der Waals surface area (Å²) in [5.41, 5.74) is -0.167. The number of amides is 1. The van der Waals surface area contributed by atoms with Crippen molar-refractivity contribution in [2.75, 3.05) is 11.9 Å². The number of halogens is 1. The van der Waals surface area contributed by atoms with E-state index in [1.807, 2.05) is 0 Å². The number of rotatable bonds is 1. The number of nitrogens with zero attached hydrogens (tertiary/aromatic N) is 1. The summed E-state index contributed by atoms with van der Waals surface area (Å²) in [7, 11) is 0. The van der Waals surface area contributed by atoms with E-state index in [1.165, 1.54) is 6.92 Å². The quantitative estimate of drug-likeness (QED) is 0.692. The number of nitrogens with one attached hydrogen (secondary N) is 1. The molecule has 1 amide bonds. The Labute approximate surface area is 84.3 Å². The Kier molecular flexibility index (Phi) is 2.11. The van der Waals surface area contributed by atoms with E-state index in [9.17, 15) is 14.0 Å². The summed E-state index contributed by atoms with van der Waals surface area (Å²) in [6, 6.07) is 0. The molecule has 2 heterocycles. The van der Waals surface area contributed by atoms with Crippen LogP contribution in [-0.2, 0) is 4.79 Å². The normalized spacial score (nSPS) is 13.9. The molecule has 0 spiro atoms. The van der Waals surface area contributed by atoms with Crippen LogP contribution in [-0.4, -0.2) is 23.8 Å². The number of aldehydes is 1. The molecule has 5 nitrogen and oxygen atoms in total. The third-order valence-corrected chi connectivity index (χ3v) is 2.06. The average molecular weight is 210 g/mol. The van der Waals surface area contributed by atoms with Crippen molar-refractivity contribution in [2.45, 2.75) is 6.92 Å². The maximum atomic E-state index is 13.4. The van der Waals surface area contributed by atoms with Crippen molar-refractivity contribution < 1.29 is 18.7 Å². The summed E-state index contributed by atoms with van der Waals surface area (Å²) in [5, 5.41) is 2.40. The van der Waals surface area contributed by atoms with E-state index in [-0.39, 0.29) is 35.3 Å². The second kappa shape index (κ2) is 3.30. The van der Waals surface area contributed by atoms with E-state index in [1.54, 1.807) is 0 Å². The Morgan fingerprint density at radius 1 is 1.60 bits per heavy atom. The van der Waals surface area contributed by atoms with Gasteiger partial charge in [0.1, 0.15) is 5.69 Å². The van der Waals surface area contributed by atoms with Gasteiger partial charge < -0.3 is 10.1 Å². The number of fused-ring (bicyclic) bond motifs is 1. The minimum absolute atomic E-state index is 0.0900. The zero-order chi connectivity index (χ0) is 11.0. The van der Waals surface area contributed by atoms with Crippen molar-refractivity contribution in [3.63, 3.8) is 0 Å². The Bertz CT molecular complexity index is 459. The van der Waals surface area contributed by atoms with Crippen LogP contribution < -0.4 is 10.1 Å². The number of ether oxygens (including phenoxy) is 1. The highest BCUT2D eigenvalue weighted by molar-refractivity contribution is 5.95. The Morgan fingerprint density at radius 2 is 2.33 bits per heavy atom. The van der Waals surface area contributed by atoms with Crippen molar-refractivity contribution in [3.8, 4) is 5.75 Å². The molecule has 1 aromatic rings. The zero-order valence-electron chi connectivity index (χ0n) is 7.83. The molecule has 1 aliphatic rings. The van der Waals surface area contributed by atoms with Gasteiger partial charge in [-0.05, 0) is 6.92 Å². The summed E-state index contributed by atoms with van der Waals surface area (Å²) >= 11 is 0. The lowest BCUT2D eigenvalue weighted by Crippen LogP contribution is -2.27. The number of aromatic nitrogens is 1. The Hall–Kier alpha value is -1.98. The summed E-state index contributed by atoms with van der Waals surface area (Å²) in [5.74, 6) is -0.831. The number of hydrogen-bond donors (Lipinski definition) is 1. The number of carbonyl (C=O) groups excluding carboxylic acids is 2. The molecule has 0 atom stereocenters. The molecular weight excluding hydrogens is 203 g/mol. The summed E-state index contributed by atoms with van der Waals surface area (Å²) in [4.78, 5) is 25.1. The molecule has 0 aliphatic carbocycles. The second-order valence-electron chi connectivity index (χ2n) is 3.07. The standard InChI is InChI=1S/C9H7FN2O3/c1-4-7(10)5(2-13)11-9-8(4)15-3-6(14)12-9/h2H,3H2,1H3,(H,11,12,14). The van der Waals surface area contributed by atoms with Crippen molar-refractivity contribution in [1.29, 1.82) is 0 Å². The zero-order valence-corrected chi connectivity index (χ0v) is 7.83. The van der Waals surface area contributed by atoms with E-state index in [0.29, 0.717) is 6.29 Å². The lowest BCUT2D eigenvalue weighted by molar-refractivity contribution is -0.118. The first-order valence-electron chi connectivity index (χ1n) is 4.21. The molecule has 1 aliphatic heterocycles. The van der Waals surface area contributed by atoms with E-state index < -0.39 is 5.82 Å². The first-order chi connectivity index (χ1) is 7.13. The molecule has 0 aromatic carbocycles. The lowest BCUT2D eigenvalue weighted by atomic mass is 10.2. The minimum atomic E-state index is -0.722. The smallest absolute Gasteiger partial charge is 0.263 e. The molecule has 0 fully saturated rings. The fraction of sp³-hybridized carbons (Fsp3) is 0.222. The van der Waals surface area contributed by atoms with Crippen molar-refractivity contribution in [2.24, 2.45) is 0 Å². The van der Waals surface area contributed by atoms with Crippen LogP contribution in [0.2, 0.25) is 0 Å². The maximum Gasteiger partial charge on any atom is 0.263 e. The Morgan fingerprint density at radius 3 is 3.00 bits per heavy atom. The van der Waals surface area contributed by atoms with E-state index >= 15 is 0 Å². The molecular formula is C9H7FN2O3. The van der Waals surface area contributed by atoms with Crippen molar-refractivity contribution >= 4 is 18.0 Å². The molecule has 15 heavy (non-hydrogen) atoms. The first-order valence-corrected chi connectivity index (χ1v) is 4.21. The molecule has 2 rings (SSSR count). The van der Waals surface area contributed by atoms with Gasteiger partial charge in [-0.3, -0.25) is 9.59 Å². The predicted octanol–water partition coefficient (Wildman–Crippen LogP) is 0.673. The number of hydrogen-bond acceptors (Lipinski definition) is 4. The second-order valence-corrected chi connectivity index (χ2v) is 3.07. The first kappa shape index (κ1) is 9.57. The van der Waals surface area contributed by atoms with Gasteiger partial charge in [-0.15, -0.1) is 0 Å². The summed E-state index contributed by atoms with van der Waals surface area (Å²) in [6.45, 7) is 1.29. The van der Waals surface area contributed by atoms with Gasteiger partial charge >= 0.3 is 0 Å². The van der Waals surface area contributed by atoms with E-state index in [4.69, 9.17) is 4.74 Å². The molecule has 78 valence electrons. The molecule has 0 saturated carbocycles. The number of carbonyl (C=O) groups is 2. The van der Waals surface area contributed by atoms with Gasteiger partial charge in [-0.1, -0.05) is 0 Å². The fourth-order valence-corrected chi connectivity index (χ4v) is 1.33. The molecule has 0 unspecified atom stereocenters. The van der Waals surface area contributed by atoms with Gasteiger partial charge in [-0.25, -0.2) is 9.37 Å². The van der Waals surface area contributed by atoms with Gasteiger partial charge in [0.25, 0.3) is 5.91 Å². The molecule has 1 N–H and O–H groups in total. The molecule has 0 bridgehead atoms. The molecule has 0 saturated heterocycles. The summed E-state index contributed by atoms with van der Waals surface area (Å²) in [6.07, 6.45) is 0.295. The maximum absolute atomic E-state index is 13.4. The fourth-order valence-electron chi connectivity index (χ4n) is 1.33. The van der Waals surface area contributed by atoms with Crippen LogP contribution in [0.1, 0.15) is 16.1 Å². The number of pyridine rings is 1. The minimum Gasteiger partial charge on any atom is -0.479 e. The highest BCUT2D eigenvalue weighted by Gasteiger charge is 2.23. The SMILES string of the molecule is Cc1c(F)c(C=O)nc2c1OCC(=O)N2. The third kappa shape index (κ3) is 1.43. The number of anilines is 1. The third-order valence-electron chi connectivity index (χ3n) is 2.06. The summed E-state index contributed by atoms with van der Waals surface area (Å²) < 4.78 is 18.4. The van der Waals surface area contributed by atoms with E-state index in [0.717, 1.165) is 0 Å². The van der Waals surface area contributed by atoms with Gasteiger partial charge in [0.15, 0.2) is 30.3 Å². The van der Waals surface area contributed by atoms with Crippen molar-refractivity contribution in [3.05, 3.63) is 17.1 Å². The molecule has 0 radical (unpaired) electrons. The van der Waals surface area contributed by atoms with Crippen LogP contribution >= 0.6 is 0 Å². The average Bonchev–Trinajstić information content (AvgIpc) is 2.23. The van der Waals surface area contributed by atoms with Gasteiger partial charge in [-0.2, -0.15) is 0 Å². The Balaban J connectivity index is 2.62. The monoisotopic (exact) mass is 210 g/mol. The van der Waals surface area contributed by atoms with Crippen LogP contribution in [0.5, 0.6) is 5.75 Å². The largest absolute Gasteiger partial charge is 0.479 e. The topological polar surface area (TPSA) is 68.3 Å². The highest BCUT2D eigenvalue weighted by atomic mass is 19.1. The van der Waals surface area contributed by atoms with Gasteiger partial charge in [0.2, 0.25) is 0 Å². The lowest BCUT2D eigenvalue weighted by Gasteiger charge is -2.19. The van der Waals surface area contributed by atoms with Crippen LogP contribution in [0.15, 0.2) is 0 Å². The van der Waals surface area contributed by atoms with Crippen molar-refractivity contribution in [1.82, 2.24) is 4.98 Å². The van der Waals surface area contributed by atoms with Gasteiger partial charge in [0, 0.05) is 5.56 Å².